The summed E-state index contributed by atoms with van der Waals surface area (Å²) in [5.74, 6) is -0.102. The van der Waals surface area contributed by atoms with E-state index in [1.165, 1.54) is 6.92 Å². The van der Waals surface area contributed by atoms with Gasteiger partial charge in [-0.1, -0.05) is 12.1 Å². The summed E-state index contributed by atoms with van der Waals surface area (Å²) in [6.07, 6.45) is 0. The standard InChI is InChI=1S/C15H23N3O3/c1-12(19)18(2)11-13-5-4-6-14(9-13)17-15(20)10-16-7-8-21-3/h4-6,9,16H,7-8,10-11H2,1-3H3,(H,17,20). The molecule has 0 aliphatic heterocycles. The molecule has 0 heterocycles. The number of nitrogens with zero attached hydrogens (tertiary/aromatic N) is 1. The largest absolute Gasteiger partial charge is 0.383 e. The van der Waals surface area contributed by atoms with Gasteiger partial charge in [-0.3, -0.25) is 9.59 Å². The number of hydrogen-bond donors (Lipinski definition) is 2. The first kappa shape index (κ1) is 17.1. The fraction of sp³-hybridized carbons (Fsp3) is 0.467. The third-order valence-corrected chi connectivity index (χ3v) is 2.94. The van der Waals surface area contributed by atoms with Crippen molar-refractivity contribution < 1.29 is 14.3 Å². The van der Waals surface area contributed by atoms with Crippen molar-refractivity contribution in [3.05, 3.63) is 29.8 Å². The minimum atomic E-state index is -0.108. The number of rotatable bonds is 8. The molecule has 0 aliphatic rings. The molecule has 0 unspecified atom stereocenters. The van der Waals surface area contributed by atoms with Gasteiger partial charge in [0.25, 0.3) is 0 Å². The van der Waals surface area contributed by atoms with Gasteiger partial charge in [0.2, 0.25) is 11.8 Å². The number of carbonyl (C=O) groups is 2. The van der Waals surface area contributed by atoms with Crippen LogP contribution in [0.3, 0.4) is 0 Å². The molecule has 116 valence electrons. The van der Waals surface area contributed by atoms with E-state index in [1.807, 2.05) is 24.3 Å². The summed E-state index contributed by atoms with van der Waals surface area (Å²) in [5.41, 5.74) is 1.70. The monoisotopic (exact) mass is 293 g/mol. The second-order valence-electron chi connectivity index (χ2n) is 4.79. The van der Waals surface area contributed by atoms with E-state index in [1.54, 1.807) is 19.1 Å². The van der Waals surface area contributed by atoms with Crippen molar-refractivity contribution in [1.29, 1.82) is 0 Å². The molecule has 0 bridgehead atoms. The van der Waals surface area contributed by atoms with Crippen molar-refractivity contribution in [2.75, 3.05) is 39.2 Å². The summed E-state index contributed by atoms with van der Waals surface area (Å²) in [6, 6.07) is 7.47. The van der Waals surface area contributed by atoms with E-state index in [0.29, 0.717) is 19.7 Å². The van der Waals surface area contributed by atoms with Crippen molar-refractivity contribution in [3.63, 3.8) is 0 Å². The van der Waals surface area contributed by atoms with Crippen molar-refractivity contribution in [2.24, 2.45) is 0 Å². The maximum Gasteiger partial charge on any atom is 0.238 e. The highest BCUT2D eigenvalue weighted by Crippen LogP contribution is 2.12. The van der Waals surface area contributed by atoms with Crippen LogP contribution in [-0.2, 0) is 20.9 Å². The van der Waals surface area contributed by atoms with Gasteiger partial charge in [0.1, 0.15) is 0 Å². The van der Waals surface area contributed by atoms with Gasteiger partial charge in [-0.2, -0.15) is 0 Å². The quantitative estimate of drug-likeness (QED) is 0.697. The maximum absolute atomic E-state index is 11.7. The van der Waals surface area contributed by atoms with Crippen LogP contribution < -0.4 is 10.6 Å². The Bertz CT molecular complexity index is 477. The highest BCUT2D eigenvalue weighted by atomic mass is 16.5. The van der Waals surface area contributed by atoms with E-state index >= 15 is 0 Å². The molecular formula is C15H23N3O3. The SMILES string of the molecule is COCCNCC(=O)Nc1cccc(CN(C)C(C)=O)c1. The van der Waals surface area contributed by atoms with Crippen molar-refractivity contribution in [1.82, 2.24) is 10.2 Å². The number of nitrogens with one attached hydrogen (secondary N) is 2. The topological polar surface area (TPSA) is 70.7 Å². The van der Waals surface area contributed by atoms with E-state index in [4.69, 9.17) is 4.74 Å². The number of hydrogen-bond acceptors (Lipinski definition) is 4. The molecular weight excluding hydrogens is 270 g/mol. The predicted molar refractivity (Wildman–Crippen MR) is 82.0 cm³/mol. The highest BCUT2D eigenvalue weighted by molar-refractivity contribution is 5.92. The van der Waals surface area contributed by atoms with Gasteiger partial charge in [0.15, 0.2) is 0 Å². The lowest BCUT2D eigenvalue weighted by atomic mass is 10.2. The second-order valence-corrected chi connectivity index (χ2v) is 4.79. The zero-order valence-corrected chi connectivity index (χ0v) is 12.8. The Kier molecular flexibility index (Phi) is 7.42. The summed E-state index contributed by atoms with van der Waals surface area (Å²) >= 11 is 0. The Morgan fingerprint density at radius 2 is 2.10 bits per heavy atom. The van der Waals surface area contributed by atoms with Crippen LogP contribution in [0.4, 0.5) is 5.69 Å². The molecule has 1 aromatic rings. The van der Waals surface area contributed by atoms with E-state index in [2.05, 4.69) is 10.6 Å². The second kappa shape index (κ2) is 9.10. The lowest BCUT2D eigenvalue weighted by Gasteiger charge is -2.15. The summed E-state index contributed by atoms with van der Waals surface area (Å²) in [7, 11) is 3.36. The molecule has 2 N–H and O–H groups in total. The number of benzene rings is 1. The molecule has 0 radical (unpaired) electrons. The zero-order chi connectivity index (χ0) is 15.7. The van der Waals surface area contributed by atoms with E-state index in [9.17, 15) is 9.59 Å². The molecule has 1 rings (SSSR count). The van der Waals surface area contributed by atoms with Crippen LogP contribution >= 0.6 is 0 Å². The Morgan fingerprint density at radius 1 is 1.33 bits per heavy atom. The normalized spacial score (nSPS) is 10.2. The molecule has 0 aromatic heterocycles. The third kappa shape index (κ3) is 6.87. The van der Waals surface area contributed by atoms with Crippen molar-refractivity contribution in [3.8, 4) is 0 Å². The molecule has 2 amide bonds. The van der Waals surface area contributed by atoms with Gasteiger partial charge in [0, 0.05) is 39.9 Å². The lowest BCUT2D eigenvalue weighted by molar-refractivity contribution is -0.128. The van der Waals surface area contributed by atoms with Gasteiger partial charge in [0.05, 0.1) is 13.2 Å². The molecule has 6 heteroatoms. The van der Waals surface area contributed by atoms with Crippen LogP contribution in [0.2, 0.25) is 0 Å². The molecule has 0 aliphatic carbocycles. The average molecular weight is 293 g/mol. The Hall–Kier alpha value is -1.92. The maximum atomic E-state index is 11.7. The van der Waals surface area contributed by atoms with Crippen LogP contribution in [-0.4, -0.2) is 50.6 Å². The first-order valence-corrected chi connectivity index (χ1v) is 6.83. The zero-order valence-electron chi connectivity index (χ0n) is 12.8. The number of anilines is 1. The molecule has 0 spiro atoms. The van der Waals surface area contributed by atoms with E-state index < -0.39 is 0 Å². The Morgan fingerprint density at radius 3 is 2.76 bits per heavy atom. The number of amides is 2. The van der Waals surface area contributed by atoms with Gasteiger partial charge >= 0.3 is 0 Å². The number of carbonyl (C=O) groups excluding carboxylic acids is 2. The average Bonchev–Trinajstić information content (AvgIpc) is 2.44. The van der Waals surface area contributed by atoms with Crippen LogP contribution in [0.25, 0.3) is 0 Å². The predicted octanol–water partition coefficient (Wildman–Crippen LogP) is 0.839. The fourth-order valence-corrected chi connectivity index (χ4v) is 1.71. The summed E-state index contributed by atoms with van der Waals surface area (Å²) in [4.78, 5) is 24.6. The van der Waals surface area contributed by atoms with Gasteiger partial charge in [-0.25, -0.2) is 0 Å². The molecule has 0 saturated heterocycles. The molecule has 0 saturated carbocycles. The third-order valence-electron chi connectivity index (χ3n) is 2.94. The highest BCUT2D eigenvalue weighted by Gasteiger charge is 2.05. The van der Waals surface area contributed by atoms with E-state index in [-0.39, 0.29) is 18.4 Å². The lowest BCUT2D eigenvalue weighted by Crippen LogP contribution is -2.30. The number of methoxy groups -OCH3 is 1. The Labute approximate surface area is 125 Å². The fourth-order valence-electron chi connectivity index (χ4n) is 1.71. The van der Waals surface area contributed by atoms with Gasteiger partial charge < -0.3 is 20.3 Å². The van der Waals surface area contributed by atoms with Crippen molar-refractivity contribution in [2.45, 2.75) is 13.5 Å². The van der Waals surface area contributed by atoms with Crippen LogP contribution in [0, 0.1) is 0 Å². The van der Waals surface area contributed by atoms with Gasteiger partial charge in [-0.15, -0.1) is 0 Å². The first-order chi connectivity index (χ1) is 10.0. The van der Waals surface area contributed by atoms with Gasteiger partial charge in [-0.05, 0) is 17.7 Å². The molecule has 0 atom stereocenters. The van der Waals surface area contributed by atoms with Crippen LogP contribution in [0.5, 0.6) is 0 Å². The van der Waals surface area contributed by atoms with Crippen molar-refractivity contribution >= 4 is 17.5 Å². The summed E-state index contributed by atoms with van der Waals surface area (Å²) in [6.45, 7) is 3.48. The Balaban J connectivity index is 2.48. The smallest absolute Gasteiger partial charge is 0.238 e. The molecule has 6 nitrogen and oxygen atoms in total. The summed E-state index contributed by atoms with van der Waals surface area (Å²) in [5, 5.41) is 5.79. The van der Waals surface area contributed by atoms with Crippen LogP contribution in [0.15, 0.2) is 24.3 Å². The number of ether oxygens (including phenoxy) is 1. The minimum absolute atomic E-state index is 0.00628. The van der Waals surface area contributed by atoms with E-state index in [0.717, 1.165) is 11.3 Å². The molecule has 0 fully saturated rings. The van der Waals surface area contributed by atoms with Crippen LogP contribution in [0.1, 0.15) is 12.5 Å². The summed E-state index contributed by atoms with van der Waals surface area (Å²) < 4.78 is 4.89. The first-order valence-electron chi connectivity index (χ1n) is 6.83. The molecule has 21 heavy (non-hydrogen) atoms. The molecule has 1 aromatic carbocycles. The minimum Gasteiger partial charge on any atom is -0.383 e.